The van der Waals surface area contributed by atoms with Crippen LogP contribution >= 0.6 is 0 Å². The summed E-state index contributed by atoms with van der Waals surface area (Å²) >= 11 is 0. The zero-order valence-corrected chi connectivity index (χ0v) is 12.6. The molecule has 0 saturated carbocycles. The Kier molecular flexibility index (Phi) is 8.14. The summed E-state index contributed by atoms with van der Waals surface area (Å²) in [5, 5.41) is 7.42. The molecule has 1 aliphatic heterocycles. The van der Waals surface area contributed by atoms with Gasteiger partial charge in [0.25, 0.3) is 5.97 Å². The molecule has 2 heterocycles. The van der Waals surface area contributed by atoms with Crippen molar-refractivity contribution >= 4 is 17.6 Å². The van der Waals surface area contributed by atoms with Crippen LogP contribution in [0, 0.1) is 0 Å². The quantitative estimate of drug-likeness (QED) is 0.861. The molecule has 0 spiro atoms. The number of amides is 1. The van der Waals surface area contributed by atoms with E-state index in [0.717, 1.165) is 25.6 Å². The molecule has 22 heavy (non-hydrogen) atoms. The van der Waals surface area contributed by atoms with E-state index in [2.05, 4.69) is 4.98 Å². The highest BCUT2D eigenvalue weighted by atomic mass is 19.4. The van der Waals surface area contributed by atoms with Gasteiger partial charge in [0.15, 0.2) is 0 Å². The van der Waals surface area contributed by atoms with Crippen LogP contribution in [0.3, 0.4) is 0 Å². The number of carboxylic acid groups (broad SMARTS) is 1. The van der Waals surface area contributed by atoms with Gasteiger partial charge in [-0.1, -0.05) is 13.8 Å². The number of carbonyl (C=O) groups excluding carboxylic acids is 1. The predicted octanol–water partition coefficient (Wildman–Crippen LogP) is 3.34. The Morgan fingerprint density at radius 3 is 2.18 bits per heavy atom. The number of halogens is 3. The van der Waals surface area contributed by atoms with Crippen molar-refractivity contribution in [3.8, 4) is 0 Å². The van der Waals surface area contributed by atoms with E-state index in [0.29, 0.717) is 18.7 Å². The van der Waals surface area contributed by atoms with Crippen molar-refractivity contribution < 1.29 is 27.9 Å². The summed E-state index contributed by atoms with van der Waals surface area (Å²) in [6.07, 6.45) is -2.17. The zero-order valence-electron chi connectivity index (χ0n) is 12.6. The predicted molar refractivity (Wildman–Crippen MR) is 75.5 cm³/mol. The van der Waals surface area contributed by atoms with Crippen molar-refractivity contribution in [2.75, 3.05) is 11.4 Å². The number of carbonyl (C=O) groups is 2. The largest absolute Gasteiger partial charge is 0.481 e. The van der Waals surface area contributed by atoms with Gasteiger partial charge in [-0.15, -0.1) is 0 Å². The first-order valence-corrected chi connectivity index (χ1v) is 6.75. The Balaban J connectivity index is 0.000000640. The Hall–Kier alpha value is -2.12. The molecule has 8 heteroatoms. The SMILES string of the molecule is CC.CC(=O)O.O=C1CCCN1c1ccc(C(F)(F)F)nc1. The highest BCUT2D eigenvalue weighted by Gasteiger charge is 2.32. The molecule has 0 atom stereocenters. The van der Waals surface area contributed by atoms with Crippen molar-refractivity contribution in [3.05, 3.63) is 24.0 Å². The maximum atomic E-state index is 12.2. The number of alkyl halides is 3. The number of hydrogen-bond acceptors (Lipinski definition) is 3. The lowest BCUT2D eigenvalue weighted by Gasteiger charge is -2.15. The van der Waals surface area contributed by atoms with Crippen LogP contribution in [0.2, 0.25) is 0 Å². The first-order valence-electron chi connectivity index (χ1n) is 6.75. The normalized spacial score (nSPS) is 13.7. The molecule has 5 nitrogen and oxygen atoms in total. The van der Waals surface area contributed by atoms with Gasteiger partial charge >= 0.3 is 6.18 Å². The smallest absolute Gasteiger partial charge is 0.433 e. The lowest BCUT2D eigenvalue weighted by Crippen LogP contribution is -2.24. The van der Waals surface area contributed by atoms with Crippen molar-refractivity contribution in [1.29, 1.82) is 0 Å². The Labute approximate surface area is 126 Å². The fourth-order valence-corrected chi connectivity index (χ4v) is 1.63. The van der Waals surface area contributed by atoms with E-state index in [1.54, 1.807) is 0 Å². The molecule has 1 aromatic rings. The van der Waals surface area contributed by atoms with Crippen LogP contribution in [-0.4, -0.2) is 28.5 Å². The number of carboxylic acids is 1. The first-order chi connectivity index (χ1) is 10.2. The monoisotopic (exact) mass is 320 g/mol. The first kappa shape index (κ1) is 19.9. The highest BCUT2D eigenvalue weighted by molar-refractivity contribution is 5.95. The van der Waals surface area contributed by atoms with Crippen LogP contribution in [0.15, 0.2) is 18.3 Å². The number of pyridine rings is 1. The number of hydrogen-bond donors (Lipinski definition) is 1. The lowest BCUT2D eigenvalue weighted by atomic mass is 10.3. The molecular weight excluding hydrogens is 301 g/mol. The van der Waals surface area contributed by atoms with Gasteiger partial charge in [0.1, 0.15) is 5.69 Å². The van der Waals surface area contributed by atoms with E-state index in [1.807, 2.05) is 13.8 Å². The van der Waals surface area contributed by atoms with E-state index in [4.69, 9.17) is 9.90 Å². The number of aromatic nitrogens is 1. The average molecular weight is 320 g/mol. The van der Waals surface area contributed by atoms with E-state index >= 15 is 0 Å². The van der Waals surface area contributed by atoms with E-state index < -0.39 is 17.8 Å². The summed E-state index contributed by atoms with van der Waals surface area (Å²) < 4.78 is 36.7. The van der Waals surface area contributed by atoms with Gasteiger partial charge in [-0.25, -0.2) is 4.98 Å². The third-order valence-electron chi connectivity index (χ3n) is 2.42. The molecule has 0 aromatic carbocycles. The summed E-state index contributed by atoms with van der Waals surface area (Å²) in [4.78, 5) is 25.1. The lowest BCUT2D eigenvalue weighted by molar-refractivity contribution is -0.141. The number of aliphatic carboxylic acids is 1. The van der Waals surface area contributed by atoms with E-state index in [1.165, 1.54) is 11.0 Å². The summed E-state index contributed by atoms with van der Waals surface area (Å²) in [7, 11) is 0. The second kappa shape index (κ2) is 9.01. The van der Waals surface area contributed by atoms with Gasteiger partial charge in [0.2, 0.25) is 5.91 Å². The van der Waals surface area contributed by atoms with Gasteiger partial charge in [-0.2, -0.15) is 13.2 Å². The zero-order chi connectivity index (χ0) is 17.3. The van der Waals surface area contributed by atoms with Crippen molar-refractivity contribution in [2.24, 2.45) is 0 Å². The van der Waals surface area contributed by atoms with Gasteiger partial charge < -0.3 is 10.0 Å². The molecule has 1 saturated heterocycles. The molecule has 0 bridgehead atoms. The fraction of sp³-hybridized carbons (Fsp3) is 0.500. The van der Waals surface area contributed by atoms with Gasteiger partial charge in [0, 0.05) is 19.9 Å². The molecule has 2 rings (SSSR count). The minimum absolute atomic E-state index is 0.0680. The summed E-state index contributed by atoms with van der Waals surface area (Å²) in [6.45, 7) is 5.63. The molecule has 1 aliphatic rings. The third-order valence-corrected chi connectivity index (χ3v) is 2.42. The average Bonchev–Trinajstić information content (AvgIpc) is 2.86. The fourth-order valence-electron chi connectivity index (χ4n) is 1.63. The molecule has 0 unspecified atom stereocenters. The molecule has 1 amide bonds. The molecule has 1 N–H and O–H groups in total. The Morgan fingerprint density at radius 1 is 1.32 bits per heavy atom. The molecule has 0 aliphatic carbocycles. The number of nitrogens with zero attached hydrogens (tertiary/aromatic N) is 2. The van der Waals surface area contributed by atoms with Gasteiger partial charge in [-0.3, -0.25) is 9.59 Å². The molecular formula is C14H19F3N2O3. The standard InChI is InChI=1S/C10H9F3N2O.C2H4O2.C2H6/c11-10(12,13)8-4-3-7(6-14-8)15-5-1-2-9(15)16;1-2(3)4;1-2/h3-4,6H,1-2,5H2;1H3,(H,3,4);1-2H3. The van der Waals surface area contributed by atoms with E-state index in [-0.39, 0.29) is 5.91 Å². The van der Waals surface area contributed by atoms with Crippen molar-refractivity contribution in [3.63, 3.8) is 0 Å². The van der Waals surface area contributed by atoms with Crippen LogP contribution in [0.4, 0.5) is 18.9 Å². The maximum absolute atomic E-state index is 12.2. The molecule has 1 aromatic heterocycles. The van der Waals surface area contributed by atoms with Crippen LogP contribution in [-0.2, 0) is 15.8 Å². The van der Waals surface area contributed by atoms with Crippen molar-refractivity contribution in [2.45, 2.75) is 39.8 Å². The Bertz CT molecular complexity index is 483. The molecule has 1 fully saturated rings. The van der Waals surface area contributed by atoms with Crippen LogP contribution in [0.25, 0.3) is 0 Å². The second-order valence-electron chi connectivity index (χ2n) is 4.07. The Morgan fingerprint density at radius 2 is 1.86 bits per heavy atom. The minimum atomic E-state index is -4.44. The van der Waals surface area contributed by atoms with Gasteiger partial charge in [-0.05, 0) is 18.6 Å². The molecule has 124 valence electrons. The summed E-state index contributed by atoms with van der Waals surface area (Å²) in [6, 6.07) is 2.17. The minimum Gasteiger partial charge on any atom is -0.481 e. The number of rotatable bonds is 1. The molecule has 0 radical (unpaired) electrons. The maximum Gasteiger partial charge on any atom is 0.433 e. The van der Waals surface area contributed by atoms with Crippen LogP contribution in [0.5, 0.6) is 0 Å². The summed E-state index contributed by atoms with van der Waals surface area (Å²) in [5.74, 6) is -0.901. The number of anilines is 1. The third kappa shape index (κ3) is 6.55. The summed E-state index contributed by atoms with van der Waals surface area (Å²) in [5.41, 5.74) is -0.515. The van der Waals surface area contributed by atoms with E-state index in [9.17, 15) is 18.0 Å². The van der Waals surface area contributed by atoms with Gasteiger partial charge in [0.05, 0.1) is 11.9 Å². The van der Waals surface area contributed by atoms with Crippen molar-refractivity contribution in [1.82, 2.24) is 4.98 Å². The van der Waals surface area contributed by atoms with Crippen LogP contribution < -0.4 is 4.90 Å². The highest BCUT2D eigenvalue weighted by Crippen LogP contribution is 2.29. The van der Waals surface area contributed by atoms with Crippen LogP contribution in [0.1, 0.15) is 39.3 Å². The topological polar surface area (TPSA) is 70.5 Å². The second-order valence-corrected chi connectivity index (χ2v) is 4.07.